The van der Waals surface area contributed by atoms with Crippen molar-refractivity contribution in [3.05, 3.63) is 29.8 Å². The molecule has 5 nitrogen and oxygen atoms in total. The molecule has 0 radical (unpaired) electrons. The lowest BCUT2D eigenvalue weighted by Crippen LogP contribution is -2.34. The van der Waals surface area contributed by atoms with Gasteiger partial charge in [-0.15, -0.1) is 0 Å². The molecule has 0 saturated carbocycles. The highest BCUT2D eigenvalue weighted by molar-refractivity contribution is 6.33. The lowest BCUT2D eigenvalue weighted by molar-refractivity contribution is -0.156. The van der Waals surface area contributed by atoms with Crippen LogP contribution in [0.5, 0.6) is 0 Å². The number of carbonyl (C=O) groups is 1. The summed E-state index contributed by atoms with van der Waals surface area (Å²) in [5.41, 5.74) is 7.19. The minimum Gasteiger partial charge on any atom is -0.459 e. The first-order valence-corrected chi connectivity index (χ1v) is 5.35. The van der Waals surface area contributed by atoms with E-state index < -0.39 is 11.6 Å². The molecule has 1 atom stereocenters. The molecule has 6 heteroatoms. The summed E-state index contributed by atoms with van der Waals surface area (Å²) in [5.74, 6) is -0.387. The summed E-state index contributed by atoms with van der Waals surface area (Å²) in [6.07, 6.45) is 0. The zero-order valence-corrected chi connectivity index (χ0v) is 11.3. The van der Waals surface area contributed by atoms with Gasteiger partial charge in [0.25, 0.3) is 0 Å². The van der Waals surface area contributed by atoms with Gasteiger partial charge in [0.05, 0.1) is 0 Å². The van der Waals surface area contributed by atoms with Crippen LogP contribution in [-0.4, -0.2) is 30.4 Å². The van der Waals surface area contributed by atoms with Crippen molar-refractivity contribution >= 4 is 19.3 Å². The van der Waals surface area contributed by atoms with Gasteiger partial charge < -0.3 is 21.4 Å². The third kappa shape index (κ3) is 5.31. The highest BCUT2D eigenvalue weighted by atomic mass is 16.6. The van der Waals surface area contributed by atoms with Gasteiger partial charge in [0.2, 0.25) is 0 Å². The second kappa shape index (κ2) is 7.15. The Morgan fingerprint density at radius 2 is 1.78 bits per heavy atom. The van der Waals surface area contributed by atoms with Gasteiger partial charge in [-0.2, -0.15) is 0 Å². The standard InChI is InChI=1S/C12H18BNO2.2H2O/c1-12(2,3)16-11(15)10(14)8-6-4-5-7-9(8)13;;/h4-7,10H,13-14H2,1-3H3;2*1H2. The maximum atomic E-state index is 11.8. The molecule has 0 bridgehead atoms. The molecule has 102 valence electrons. The van der Waals surface area contributed by atoms with E-state index in [0.717, 1.165) is 11.0 Å². The van der Waals surface area contributed by atoms with Gasteiger partial charge in [-0.25, -0.2) is 4.79 Å². The van der Waals surface area contributed by atoms with Crippen LogP contribution in [0, 0.1) is 0 Å². The van der Waals surface area contributed by atoms with Crippen molar-refractivity contribution in [1.82, 2.24) is 0 Å². The molecule has 0 saturated heterocycles. The van der Waals surface area contributed by atoms with Crippen LogP contribution in [0.2, 0.25) is 0 Å². The summed E-state index contributed by atoms with van der Waals surface area (Å²) >= 11 is 0. The SMILES string of the molecule is Bc1ccccc1C(N)C(=O)OC(C)(C)C.O.O. The Labute approximate surface area is 108 Å². The van der Waals surface area contributed by atoms with Gasteiger partial charge in [-0.05, 0) is 26.3 Å². The van der Waals surface area contributed by atoms with E-state index in [1.54, 1.807) is 0 Å². The third-order valence-electron chi connectivity index (χ3n) is 2.18. The van der Waals surface area contributed by atoms with Crippen molar-refractivity contribution in [2.45, 2.75) is 32.4 Å². The van der Waals surface area contributed by atoms with Gasteiger partial charge in [0.1, 0.15) is 19.5 Å². The Morgan fingerprint density at radius 3 is 2.22 bits per heavy atom. The van der Waals surface area contributed by atoms with Crippen LogP contribution in [0.25, 0.3) is 0 Å². The molecule has 0 heterocycles. The minimum atomic E-state index is -0.708. The van der Waals surface area contributed by atoms with Gasteiger partial charge in [0, 0.05) is 0 Å². The molecule has 1 unspecified atom stereocenters. The fourth-order valence-corrected chi connectivity index (χ4v) is 1.43. The summed E-state index contributed by atoms with van der Waals surface area (Å²) in [5, 5.41) is 0. The Kier molecular flexibility index (Phi) is 7.55. The zero-order valence-electron chi connectivity index (χ0n) is 11.3. The summed E-state index contributed by atoms with van der Waals surface area (Å²) in [7, 11) is 1.93. The molecule has 0 aromatic heterocycles. The van der Waals surface area contributed by atoms with E-state index in [9.17, 15) is 4.79 Å². The lowest BCUT2D eigenvalue weighted by atomic mass is 9.87. The number of hydrogen-bond donors (Lipinski definition) is 1. The number of esters is 1. The van der Waals surface area contributed by atoms with Gasteiger partial charge in [0.15, 0.2) is 0 Å². The zero-order chi connectivity index (χ0) is 12.3. The van der Waals surface area contributed by atoms with Crippen LogP contribution in [0.3, 0.4) is 0 Å². The van der Waals surface area contributed by atoms with E-state index in [-0.39, 0.29) is 16.9 Å². The van der Waals surface area contributed by atoms with Crippen molar-refractivity contribution in [2.24, 2.45) is 5.73 Å². The molecule has 0 aliphatic heterocycles. The Hall–Kier alpha value is -1.37. The normalized spacial score (nSPS) is 11.8. The van der Waals surface area contributed by atoms with Gasteiger partial charge in [-0.1, -0.05) is 29.7 Å². The Bertz CT molecular complexity index is 390. The molecule has 1 aromatic rings. The van der Waals surface area contributed by atoms with Crippen molar-refractivity contribution in [2.75, 3.05) is 0 Å². The molecular formula is C12H22BNO4. The van der Waals surface area contributed by atoms with Gasteiger partial charge >= 0.3 is 5.97 Å². The van der Waals surface area contributed by atoms with Crippen LogP contribution in [0.4, 0.5) is 0 Å². The highest BCUT2D eigenvalue weighted by Gasteiger charge is 2.23. The molecular weight excluding hydrogens is 233 g/mol. The van der Waals surface area contributed by atoms with Crippen molar-refractivity contribution in [1.29, 1.82) is 0 Å². The molecule has 0 aliphatic carbocycles. The summed E-state index contributed by atoms with van der Waals surface area (Å²) < 4.78 is 5.24. The van der Waals surface area contributed by atoms with Gasteiger partial charge in [-0.3, -0.25) is 0 Å². The second-order valence-corrected chi connectivity index (χ2v) is 4.87. The fourth-order valence-electron chi connectivity index (χ4n) is 1.43. The number of hydrogen-bond acceptors (Lipinski definition) is 3. The highest BCUT2D eigenvalue weighted by Crippen LogP contribution is 2.14. The second-order valence-electron chi connectivity index (χ2n) is 4.87. The average Bonchev–Trinajstić information content (AvgIpc) is 2.15. The van der Waals surface area contributed by atoms with E-state index in [1.165, 1.54) is 0 Å². The Balaban J connectivity index is 0. The lowest BCUT2D eigenvalue weighted by Gasteiger charge is -2.23. The molecule has 0 aliphatic rings. The minimum absolute atomic E-state index is 0. The first-order valence-electron chi connectivity index (χ1n) is 5.35. The molecule has 18 heavy (non-hydrogen) atoms. The van der Waals surface area contributed by atoms with Crippen LogP contribution < -0.4 is 11.2 Å². The first-order chi connectivity index (χ1) is 7.31. The molecule has 6 N–H and O–H groups in total. The Morgan fingerprint density at radius 1 is 1.28 bits per heavy atom. The summed E-state index contributed by atoms with van der Waals surface area (Å²) in [6, 6.07) is 6.86. The number of carbonyl (C=O) groups excluding carboxylic acids is 1. The van der Waals surface area contributed by atoms with Crippen LogP contribution >= 0.6 is 0 Å². The summed E-state index contributed by atoms with van der Waals surface area (Å²) in [6.45, 7) is 5.49. The number of rotatable bonds is 2. The monoisotopic (exact) mass is 255 g/mol. The first kappa shape index (κ1) is 19.0. The fraction of sp³-hybridized carbons (Fsp3) is 0.417. The van der Waals surface area contributed by atoms with Crippen LogP contribution in [0.15, 0.2) is 24.3 Å². The van der Waals surface area contributed by atoms with E-state index in [4.69, 9.17) is 10.5 Å². The maximum Gasteiger partial charge on any atom is 0.328 e. The molecule has 1 aromatic carbocycles. The molecule has 0 amide bonds. The number of nitrogens with two attached hydrogens (primary N) is 1. The smallest absolute Gasteiger partial charge is 0.328 e. The third-order valence-corrected chi connectivity index (χ3v) is 2.18. The van der Waals surface area contributed by atoms with Crippen LogP contribution in [0.1, 0.15) is 32.4 Å². The quantitative estimate of drug-likeness (QED) is 0.519. The van der Waals surface area contributed by atoms with Crippen molar-refractivity contribution in [3.63, 3.8) is 0 Å². The molecule has 0 fully saturated rings. The number of benzene rings is 1. The maximum absolute atomic E-state index is 11.8. The average molecular weight is 255 g/mol. The van der Waals surface area contributed by atoms with E-state index in [2.05, 4.69) is 0 Å². The van der Waals surface area contributed by atoms with E-state index >= 15 is 0 Å². The van der Waals surface area contributed by atoms with E-state index in [0.29, 0.717) is 0 Å². The molecule has 0 spiro atoms. The molecule has 1 rings (SSSR count). The topological polar surface area (TPSA) is 115 Å². The van der Waals surface area contributed by atoms with Crippen LogP contribution in [-0.2, 0) is 9.53 Å². The van der Waals surface area contributed by atoms with Crippen molar-refractivity contribution < 1.29 is 20.5 Å². The predicted molar refractivity (Wildman–Crippen MR) is 74.6 cm³/mol. The largest absolute Gasteiger partial charge is 0.459 e. The van der Waals surface area contributed by atoms with Crippen molar-refractivity contribution in [3.8, 4) is 0 Å². The summed E-state index contributed by atoms with van der Waals surface area (Å²) in [4.78, 5) is 11.8. The number of ether oxygens (including phenoxy) is 1. The van der Waals surface area contributed by atoms with E-state index in [1.807, 2.05) is 52.9 Å². The predicted octanol–water partition coefficient (Wildman–Crippen LogP) is -1.36.